The zero-order chi connectivity index (χ0) is 17.1. The van der Waals surface area contributed by atoms with Crippen LogP contribution in [0.3, 0.4) is 0 Å². The van der Waals surface area contributed by atoms with E-state index in [0.717, 1.165) is 12.2 Å². The van der Waals surface area contributed by atoms with Crippen LogP contribution in [0.15, 0.2) is 29.0 Å². The summed E-state index contributed by atoms with van der Waals surface area (Å²) in [5.41, 5.74) is 0.369. The molecule has 0 bridgehead atoms. The number of rotatable bonds is 5. The number of furan rings is 1. The van der Waals surface area contributed by atoms with E-state index >= 15 is 0 Å². The van der Waals surface area contributed by atoms with Crippen molar-refractivity contribution in [2.45, 2.75) is 45.8 Å². The van der Waals surface area contributed by atoms with Crippen molar-refractivity contribution >= 4 is 11.8 Å². The lowest BCUT2D eigenvalue weighted by Gasteiger charge is -2.33. The monoisotopic (exact) mass is 330 g/mol. The van der Waals surface area contributed by atoms with Gasteiger partial charge in [-0.2, -0.15) is 0 Å². The SMILES string of the molecule is CCCC(=O)N1CCn2cc(C(=O)NCc3ccco3)nc2[C@H]1C. The molecule has 0 radical (unpaired) electrons. The van der Waals surface area contributed by atoms with E-state index in [9.17, 15) is 9.59 Å². The van der Waals surface area contributed by atoms with Crippen LogP contribution in [0.4, 0.5) is 0 Å². The van der Waals surface area contributed by atoms with Gasteiger partial charge >= 0.3 is 0 Å². The van der Waals surface area contributed by atoms with E-state index in [4.69, 9.17) is 4.42 Å². The molecule has 7 heteroatoms. The molecule has 2 aromatic rings. The highest BCUT2D eigenvalue weighted by molar-refractivity contribution is 5.92. The van der Waals surface area contributed by atoms with Gasteiger partial charge in [0.05, 0.1) is 18.8 Å². The number of fused-ring (bicyclic) bond motifs is 1. The quantitative estimate of drug-likeness (QED) is 0.910. The Bertz CT molecular complexity index is 720. The van der Waals surface area contributed by atoms with Gasteiger partial charge in [0.25, 0.3) is 5.91 Å². The first-order valence-corrected chi connectivity index (χ1v) is 8.27. The standard InChI is InChI=1S/C17H22N4O3/c1-3-5-15(22)21-8-7-20-11-14(19-16(20)12(21)2)17(23)18-10-13-6-4-9-24-13/h4,6,9,11-12H,3,5,7-8,10H2,1-2H3,(H,18,23)/t12-/m1/s1. The van der Waals surface area contributed by atoms with Gasteiger partial charge in [-0.05, 0) is 25.5 Å². The Morgan fingerprint density at radius 1 is 1.42 bits per heavy atom. The number of nitrogens with one attached hydrogen (secondary N) is 1. The fourth-order valence-corrected chi connectivity index (χ4v) is 2.97. The third-order valence-electron chi connectivity index (χ3n) is 4.25. The van der Waals surface area contributed by atoms with Crippen LogP contribution in [0, 0.1) is 0 Å². The van der Waals surface area contributed by atoms with Crippen molar-refractivity contribution in [1.29, 1.82) is 0 Å². The minimum Gasteiger partial charge on any atom is -0.467 e. The zero-order valence-electron chi connectivity index (χ0n) is 14.0. The van der Waals surface area contributed by atoms with Gasteiger partial charge < -0.3 is 19.2 Å². The molecule has 128 valence electrons. The molecule has 0 aliphatic carbocycles. The highest BCUT2D eigenvalue weighted by Crippen LogP contribution is 2.25. The lowest BCUT2D eigenvalue weighted by atomic mass is 10.2. The molecule has 2 aromatic heterocycles. The number of carbonyl (C=O) groups excluding carboxylic acids is 2. The van der Waals surface area contributed by atoms with Crippen LogP contribution in [0.1, 0.15) is 54.8 Å². The second-order valence-electron chi connectivity index (χ2n) is 5.95. The number of hydrogen-bond donors (Lipinski definition) is 1. The molecule has 1 aliphatic rings. The van der Waals surface area contributed by atoms with Crippen LogP contribution in [0.5, 0.6) is 0 Å². The maximum Gasteiger partial charge on any atom is 0.271 e. The average Bonchev–Trinajstić information content (AvgIpc) is 3.23. The molecule has 1 atom stereocenters. The molecular formula is C17H22N4O3. The number of aromatic nitrogens is 2. The van der Waals surface area contributed by atoms with E-state index in [1.807, 2.05) is 23.3 Å². The predicted molar refractivity (Wildman–Crippen MR) is 87.1 cm³/mol. The zero-order valence-corrected chi connectivity index (χ0v) is 14.0. The molecule has 24 heavy (non-hydrogen) atoms. The molecule has 0 saturated carbocycles. The van der Waals surface area contributed by atoms with Crippen LogP contribution in [0.2, 0.25) is 0 Å². The van der Waals surface area contributed by atoms with Gasteiger partial charge in [-0.25, -0.2) is 4.98 Å². The Kier molecular flexibility index (Phi) is 4.69. The van der Waals surface area contributed by atoms with E-state index in [2.05, 4.69) is 10.3 Å². The minimum atomic E-state index is -0.244. The van der Waals surface area contributed by atoms with Crippen molar-refractivity contribution < 1.29 is 14.0 Å². The Balaban J connectivity index is 1.69. The molecule has 3 heterocycles. The molecular weight excluding hydrogens is 308 g/mol. The number of nitrogens with zero attached hydrogens (tertiary/aromatic N) is 3. The number of amides is 2. The van der Waals surface area contributed by atoms with Crippen LogP contribution < -0.4 is 5.32 Å². The first-order valence-electron chi connectivity index (χ1n) is 8.27. The molecule has 0 saturated heterocycles. The summed E-state index contributed by atoms with van der Waals surface area (Å²) < 4.78 is 7.16. The van der Waals surface area contributed by atoms with Gasteiger partial charge in [0.2, 0.25) is 5.91 Å². The summed E-state index contributed by atoms with van der Waals surface area (Å²) in [7, 11) is 0. The third kappa shape index (κ3) is 3.20. The van der Waals surface area contributed by atoms with Gasteiger partial charge in [-0.3, -0.25) is 9.59 Å². The summed E-state index contributed by atoms with van der Waals surface area (Å²) in [6, 6.07) is 3.46. The van der Waals surface area contributed by atoms with Crippen LogP contribution >= 0.6 is 0 Å². The lowest BCUT2D eigenvalue weighted by molar-refractivity contribution is -0.134. The molecule has 0 fully saturated rings. The minimum absolute atomic E-state index is 0.121. The van der Waals surface area contributed by atoms with E-state index in [1.54, 1.807) is 24.6 Å². The van der Waals surface area contributed by atoms with Crippen molar-refractivity contribution in [2.75, 3.05) is 6.54 Å². The summed E-state index contributed by atoms with van der Waals surface area (Å²) in [6.07, 6.45) is 4.70. The topological polar surface area (TPSA) is 80.4 Å². The average molecular weight is 330 g/mol. The summed E-state index contributed by atoms with van der Waals surface area (Å²) in [6.45, 7) is 5.58. The highest BCUT2D eigenvalue weighted by atomic mass is 16.3. The summed E-state index contributed by atoms with van der Waals surface area (Å²) in [5.74, 6) is 1.35. The Morgan fingerprint density at radius 3 is 2.96 bits per heavy atom. The second-order valence-corrected chi connectivity index (χ2v) is 5.95. The van der Waals surface area contributed by atoms with Crippen molar-refractivity contribution in [3.63, 3.8) is 0 Å². The lowest BCUT2D eigenvalue weighted by Crippen LogP contribution is -2.40. The van der Waals surface area contributed by atoms with E-state index < -0.39 is 0 Å². The van der Waals surface area contributed by atoms with Crippen LogP contribution in [0.25, 0.3) is 0 Å². The summed E-state index contributed by atoms with van der Waals surface area (Å²) in [5, 5.41) is 2.79. The molecule has 1 aliphatic heterocycles. The van der Waals surface area contributed by atoms with Crippen LogP contribution in [-0.2, 0) is 17.9 Å². The van der Waals surface area contributed by atoms with E-state index in [0.29, 0.717) is 37.5 Å². The van der Waals surface area contributed by atoms with E-state index in [-0.39, 0.29) is 17.9 Å². The molecule has 0 aromatic carbocycles. The predicted octanol–water partition coefficient (Wildman–Crippen LogP) is 2.11. The maximum absolute atomic E-state index is 12.3. The first-order chi connectivity index (χ1) is 11.6. The van der Waals surface area contributed by atoms with E-state index in [1.165, 1.54) is 0 Å². The third-order valence-corrected chi connectivity index (χ3v) is 4.25. The second kappa shape index (κ2) is 6.90. The number of hydrogen-bond acceptors (Lipinski definition) is 4. The molecule has 1 N–H and O–H groups in total. The van der Waals surface area contributed by atoms with Crippen molar-refractivity contribution in [2.24, 2.45) is 0 Å². The van der Waals surface area contributed by atoms with Gasteiger partial charge in [0, 0.05) is 25.7 Å². The molecule has 7 nitrogen and oxygen atoms in total. The van der Waals surface area contributed by atoms with Gasteiger partial charge in [-0.1, -0.05) is 6.92 Å². The molecule has 2 amide bonds. The Morgan fingerprint density at radius 2 is 2.25 bits per heavy atom. The Hall–Kier alpha value is -2.57. The normalized spacial score (nSPS) is 16.8. The summed E-state index contributed by atoms with van der Waals surface area (Å²) in [4.78, 5) is 30.8. The molecule has 0 unspecified atom stereocenters. The van der Waals surface area contributed by atoms with Gasteiger partial charge in [0.1, 0.15) is 17.3 Å². The number of carbonyl (C=O) groups is 2. The smallest absolute Gasteiger partial charge is 0.271 e. The maximum atomic E-state index is 12.3. The van der Waals surface area contributed by atoms with Crippen molar-refractivity contribution in [3.8, 4) is 0 Å². The highest BCUT2D eigenvalue weighted by Gasteiger charge is 2.30. The largest absolute Gasteiger partial charge is 0.467 e. The fourth-order valence-electron chi connectivity index (χ4n) is 2.97. The van der Waals surface area contributed by atoms with Crippen molar-refractivity contribution in [1.82, 2.24) is 19.8 Å². The first kappa shape index (κ1) is 16.3. The molecule has 0 spiro atoms. The molecule has 3 rings (SSSR count). The van der Waals surface area contributed by atoms with Gasteiger partial charge in [-0.15, -0.1) is 0 Å². The Labute approximate surface area is 140 Å². The van der Waals surface area contributed by atoms with Gasteiger partial charge in [0.15, 0.2) is 0 Å². The van der Waals surface area contributed by atoms with Crippen LogP contribution in [-0.4, -0.2) is 32.8 Å². The summed E-state index contributed by atoms with van der Waals surface area (Å²) >= 11 is 0. The number of imidazole rings is 1. The fraction of sp³-hybridized carbons (Fsp3) is 0.471. The van der Waals surface area contributed by atoms with Crippen molar-refractivity contribution in [3.05, 3.63) is 41.9 Å².